The van der Waals surface area contributed by atoms with Crippen molar-refractivity contribution in [3.05, 3.63) is 18.0 Å². The smallest absolute Gasteiger partial charge is 0.139 e. The molecule has 0 spiro atoms. The highest BCUT2D eigenvalue weighted by Crippen LogP contribution is 2.49. The lowest BCUT2D eigenvalue weighted by Crippen LogP contribution is -2.16. The van der Waals surface area contributed by atoms with Crippen LogP contribution in [0.3, 0.4) is 0 Å². The summed E-state index contributed by atoms with van der Waals surface area (Å²) < 4.78 is 2.10. The maximum Gasteiger partial charge on any atom is 0.139 e. The maximum absolute atomic E-state index is 12.3. The molecule has 0 N–H and O–H groups in total. The summed E-state index contributed by atoms with van der Waals surface area (Å²) in [5.74, 6) is 2.89. The Morgan fingerprint density at radius 3 is 2.76 bits per heavy atom. The molecule has 0 aliphatic heterocycles. The van der Waals surface area contributed by atoms with Gasteiger partial charge in [-0.2, -0.15) is 5.10 Å². The number of hydrogen-bond donors (Lipinski definition) is 0. The van der Waals surface area contributed by atoms with Crippen LogP contribution in [0.1, 0.15) is 69.5 Å². The van der Waals surface area contributed by atoms with E-state index in [9.17, 15) is 4.79 Å². The Labute approximate surface area is 127 Å². The molecule has 1 aromatic rings. The van der Waals surface area contributed by atoms with Gasteiger partial charge in [0.05, 0.1) is 18.2 Å². The van der Waals surface area contributed by atoms with E-state index in [0.717, 1.165) is 24.0 Å². The number of carbonyl (C=O) groups excluding carboxylic acids is 1. The molecule has 3 atom stereocenters. The Kier molecular flexibility index (Phi) is 3.60. The zero-order chi connectivity index (χ0) is 14.2. The van der Waals surface area contributed by atoms with Crippen molar-refractivity contribution in [2.45, 2.75) is 70.3 Å². The number of hydrogen-bond acceptors (Lipinski definition) is 2. The molecule has 0 amide bonds. The van der Waals surface area contributed by atoms with Gasteiger partial charge in [0.25, 0.3) is 0 Å². The topological polar surface area (TPSA) is 34.9 Å². The molecule has 4 rings (SSSR count). The summed E-state index contributed by atoms with van der Waals surface area (Å²) in [5.41, 5.74) is 0.982. The first kappa shape index (κ1) is 13.5. The van der Waals surface area contributed by atoms with Crippen LogP contribution in [0.15, 0.2) is 12.3 Å². The van der Waals surface area contributed by atoms with Crippen LogP contribution >= 0.6 is 0 Å². The first-order chi connectivity index (χ1) is 10.3. The van der Waals surface area contributed by atoms with Crippen molar-refractivity contribution in [3.8, 4) is 0 Å². The van der Waals surface area contributed by atoms with Gasteiger partial charge in [-0.15, -0.1) is 0 Å². The van der Waals surface area contributed by atoms with Crippen LogP contribution in [-0.2, 0) is 11.2 Å². The van der Waals surface area contributed by atoms with Crippen LogP contribution in [0.4, 0.5) is 0 Å². The summed E-state index contributed by atoms with van der Waals surface area (Å²) in [6.45, 7) is 0. The Balaban J connectivity index is 1.32. The normalized spacial score (nSPS) is 32.1. The van der Waals surface area contributed by atoms with Crippen LogP contribution in [0.2, 0.25) is 0 Å². The lowest BCUT2D eigenvalue weighted by atomic mass is 9.84. The zero-order valence-corrected chi connectivity index (χ0v) is 12.8. The predicted molar refractivity (Wildman–Crippen MR) is 82.0 cm³/mol. The molecular weight excluding hydrogens is 260 g/mol. The minimum absolute atomic E-state index is 0.407. The van der Waals surface area contributed by atoms with Crippen molar-refractivity contribution < 1.29 is 4.79 Å². The number of Topliss-reactive ketones (excluding diaryl/α,β-unsaturated/α-hetero) is 1. The fourth-order valence-electron chi connectivity index (χ4n) is 5.04. The van der Waals surface area contributed by atoms with Crippen LogP contribution in [0.25, 0.3) is 0 Å². The molecule has 3 aliphatic carbocycles. The average molecular weight is 286 g/mol. The largest absolute Gasteiger partial charge is 0.299 e. The molecule has 3 fully saturated rings. The summed E-state index contributed by atoms with van der Waals surface area (Å²) in [4.78, 5) is 12.3. The van der Waals surface area contributed by atoms with Gasteiger partial charge in [-0.05, 0) is 55.9 Å². The minimum Gasteiger partial charge on any atom is -0.299 e. The van der Waals surface area contributed by atoms with Gasteiger partial charge in [0.1, 0.15) is 5.78 Å². The van der Waals surface area contributed by atoms with Gasteiger partial charge in [-0.3, -0.25) is 9.48 Å². The zero-order valence-electron chi connectivity index (χ0n) is 12.8. The standard InChI is InChI=1S/C18H26N2O/c21-18(11-15-10-13-5-6-14(15)9-13)12-16-7-8-20(19-16)17-3-1-2-4-17/h7-8,13-15,17H,1-6,9-12H2. The van der Waals surface area contributed by atoms with Gasteiger partial charge in [0, 0.05) is 12.6 Å². The predicted octanol–water partition coefficient (Wildman–Crippen LogP) is 3.94. The van der Waals surface area contributed by atoms with Gasteiger partial charge in [-0.1, -0.05) is 19.3 Å². The van der Waals surface area contributed by atoms with Gasteiger partial charge in [-0.25, -0.2) is 0 Å². The van der Waals surface area contributed by atoms with Crippen molar-refractivity contribution in [2.24, 2.45) is 17.8 Å². The van der Waals surface area contributed by atoms with Crippen LogP contribution < -0.4 is 0 Å². The SMILES string of the molecule is O=C(Cc1ccn(C2CCCC2)n1)CC1CC2CCC1C2. The molecule has 3 heteroatoms. The second-order valence-electron chi connectivity index (χ2n) is 7.58. The van der Waals surface area contributed by atoms with E-state index in [1.165, 1.54) is 51.4 Å². The van der Waals surface area contributed by atoms with E-state index in [1.807, 2.05) is 0 Å². The second kappa shape index (κ2) is 5.58. The molecule has 3 saturated carbocycles. The number of rotatable bonds is 5. The van der Waals surface area contributed by atoms with Gasteiger partial charge in [0.15, 0.2) is 0 Å². The van der Waals surface area contributed by atoms with Crippen molar-refractivity contribution in [2.75, 3.05) is 0 Å². The Morgan fingerprint density at radius 1 is 1.19 bits per heavy atom. The van der Waals surface area contributed by atoms with Crippen molar-refractivity contribution in [1.29, 1.82) is 0 Å². The molecular formula is C18H26N2O. The van der Waals surface area contributed by atoms with E-state index in [4.69, 9.17) is 0 Å². The molecule has 1 aromatic heterocycles. The van der Waals surface area contributed by atoms with Gasteiger partial charge in [0.2, 0.25) is 0 Å². The highest BCUT2D eigenvalue weighted by atomic mass is 16.1. The monoisotopic (exact) mass is 286 g/mol. The number of fused-ring (bicyclic) bond motifs is 2. The fraction of sp³-hybridized carbons (Fsp3) is 0.778. The quantitative estimate of drug-likeness (QED) is 0.822. The lowest BCUT2D eigenvalue weighted by molar-refractivity contribution is -0.119. The average Bonchev–Trinajstić information content (AvgIpc) is 3.23. The van der Waals surface area contributed by atoms with Crippen molar-refractivity contribution in [3.63, 3.8) is 0 Å². The van der Waals surface area contributed by atoms with Crippen LogP contribution in [0.5, 0.6) is 0 Å². The third kappa shape index (κ3) is 2.79. The van der Waals surface area contributed by atoms with E-state index in [-0.39, 0.29) is 0 Å². The molecule has 2 bridgehead atoms. The van der Waals surface area contributed by atoms with Crippen molar-refractivity contribution >= 4 is 5.78 Å². The fourth-order valence-corrected chi connectivity index (χ4v) is 5.04. The lowest BCUT2D eigenvalue weighted by Gasteiger charge is -2.20. The second-order valence-corrected chi connectivity index (χ2v) is 7.58. The molecule has 0 aromatic carbocycles. The van der Waals surface area contributed by atoms with E-state index in [1.54, 1.807) is 0 Å². The summed E-state index contributed by atoms with van der Waals surface area (Å²) in [6.07, 6.45) is 14.1. The van der Waals surface area contributed by atoms with E-state index in [0.29, 0.717) is 24.2 Å². The van der Waals surface area contributed by atoms with E-state index < -0.39 is 0 Å². The van der Waals surface area contributed by atoms with E-state index >= 15 is 0 Å². The Bertz CT molecular complexity index is 515. The number of ketones is 1. The molecule has 21 heavy (non-hydrogen) atoms. The van der Waals surface area contributed by atoms with Crippen LogP contribution in [-0.4, -0.2) is 15.6 Å². The summed E-state index contributed by atoms with van der Waals surface area (Å²) in [5, 5.41) is 4.65. The summed E-state index contributed by atoms with van der Waals surface area (Å²) in [7, 11) is 0. The molecule has 1 heterocycles. The third-order valence-corrected chi connectivity index (χ3v) is 6.12. The van der Waals surface area contributed by atoms with Crippen molar-refractivity contribution in [1.82, 2.24) is 9.78 Å². The summed E-state index contributed by atoms with van der Waals surface area (Å²) in [6, 6.07) is 2.64. The molecule has 3 nitrogen and oxygen atoms in total. The third-order valence-electron chi connectivity index (χ3n) is 6.12. The molecule has 3 unspecified atom stereocenters. The minimum atomic E-state index is 0.407. The molecule has 114 valence electrons. The summed E-state index contributed by atoms with van der Waals surface area (Å²) >= 11 is 0. The van der Waals surface area contributed by atoms with Gasteiger partial charge >= 0.3 is 0 Å². The first-order valence-corrected chi connectivity index (χ1v) is 8.83. The molecule has 0 radical (unpaired) electrons. The highest BCUT2D eigenvalue weighted by molar-refractivity contribution is 5.80. The maximum atomic E-state index is 12.3. The van der Waals surface area contributed by atoms with E-state index in [2.05, 4.69) is 22.0 Å². The highest BCUT2D eigenvalue weighted by Gasteiger charge is 2.39. The van der Waals surface area contributed by atoms with Crippen LogP contribution in [0, 0.1) is 17.8 Å². The first-order valence-electron chi connectivity index (χ1n) is 8.83. The number of aromatic nitrogens is 2. The molecule has 0 saturated heterocycles. The number of carbonyl (C=O) groups is 1. The Morgan fingerprint density at radius 2 is 2.05 bits per heavy atom. The number of nitrogens with zero attached hydrogens (tertiary/aromatic N) is 2. The van der Waals surface area contributed by atoms with Gasteiger partial charge < -0.3 is 0 Å². The molecule has 3 aliphatic rings. The Hall–Kier alpha value is -1.12.